The molecule has 0 aromatic carbocycles. The number of pyridine rings is 1. The maximum absolute atomic E-state index is 6.03. The average molecular weight is 214 g/mol. The maximum atomic E-state index is 6.03. The van der Waals surface area contributed by atoms with Crippen molar-refractivity contribution in [1.29, 1.82) is 0 Å². The Bertz CT molecular complexity index is 438. The summed E-state index contributed by atoms with van der Waals surface area (Å²) in [6, 6.07) is 3.74. The van der Waals surface area contributed by atoms with Crippen LogP contribution in [-0.2, 0) is 6.42 Å². The van der Waals surface area contributed by atoms with E-state index in [1.165, 1.54) is 0 Å². The van der Waals surface area contributed by atoms with Crippen molar-refractivity contribution >= 4 is 0 Å². The molecule has 0 saturated carbocycles. The molecule has 0 fully saturated rings. The van der Waals surface area contributed by atoms with Gasteiger partial charge in [0.15, 0.2) is 0 Å². The van der Waals surface area contributed by atoms with Crippen molar-refractivity contribution < 1.29 is 0 Å². The SMILES string of the molecule is Cc1cnc(C(N)Cc2ccncc2)nc1. The molecule has 0 amide bonds. The summed E-state index contributed by atoms with van der Waals surface area (Å²) in [5, 5.41) is 0. The zero-order chi connectivity index (χ0) is 11.4. The van der Waals surface area contributed by atoms with Crippen molar-refractivity contribution in [3.8, 4) is 0 Å². The molecule has 1 unspecified atom stereocenters. The second kappa shape index (κ2) is 4.81. The molecule has 0 aliphatic heterocycles. The van der Waals surface area contributed by atoms with E-state index in [9.17, 15) is 0 Å². The fourth-order valence-electron chi connectivity index (χ4n) is 1.46. The van der Waals surface area contributed by atoms with Crippen molar-refractivity contribution in [2.24, 2.45) is 5.73 Å². The Morgan fingerprint density at radius 1 is 1.19 bits per heavy atom. The van der Waals surface area contributed by atoms with Gasteiger partial charge in [0.25, 0.3) is 0 Å². The first kappa shape index (κ1) is 10.7. The summed E-state index contributed by atoms with van der Waals surface area (Å²) < 4.78 is 0. The Morgan fingerprint density at radius 3 is 2.44 bits per heavy atom. The predicted octanol–water partition coefficient (Wildman–Crippen LogP) is 1.42. The van der Waals surface area contributed by atoms with Crippen molar-refractivity contribution in [2.45, 2.75) is 19.4 Å². The number of hydrogen-bond donors (Lipinski definition) is 1. The first-order valence-corrected chi connectivity index (χ1v) is 5.19. The standard InChI is InChI=1S/C12H14N4/c1-9-7-15-12(16-8-9)11(13)6-10-2-4-14-5-3-10/h2-5,7-8,11H,6,13H2,1H3. The molecule has 2 heterocycles. The number of nitrogens with two attached hydrogens (primary N) is 1. The lowest BCUT2D eigenvalue weighted by atomic mass is 10.1. The summed E-state index contributed by atoms with van der Waals surface area (Å²) >= 11 is 0. The molecule has 0 saturated heterocycles. The van der Waals surface area contributed by atoms with Gasteiger partial charge >= 0.3 is 0 Å². The third-order valence-corrected chi connectivity index (χ3v) is 2.34. The first-order valence-electron chi connectivity index (χ1n) is 5.19. The number of nitrogens with zero attached hydrogens (tertiary/aromatic N) is 3. The lowest BCUT2D eigenvalue weighted by Gasteiger charge is -2.09. The maximum Gasteiger partial charge on any atom is 0.145 e. The topological polar surface area (TPSA) is 64.7 Å². The van der Waals surface area contributed by atoms with E-state index >= 15 is 0 Å². The van der Waals surface area contributed by atoms with E-state index < -0.39 is 0 Å². The van der Waals surface area contributed by atoms with Gasteiger partial charge in [-0.05, 0) is 36.6 Å². The van der Waals surface area contributed by atoms with Gasteiger partial charge < -0.3 is 5.73 Å². The van der Waals surface area contributed by atoms with Crippen LogP contribution in [0.25, 0.3) is 0 Å². The van der Waals surface area contributed by atoms with Crippen LogP contribution in [0.4, 0.5) is 0 Å². The van der Waals surface area contributed by atoms with Gasteiger partial charge in [0, 0.05) is 24.8 Å². The minimum Gasteiger partial charge on any atom is -0.321 e. The molecular weight excluding hydrogens is 200 g/mol. The highest BCUT2D eigenvalue weighted by Gasteiger charge is 2.09. The highest BCUT2D eigenvalue weighted by molar-refractivity contribution is 5.14. The molecule has 2 rings (SSSR count). The Labute approximate surface area is 94.6 Å². The Morgan fingerprint density at radius 2 is 1.81 bits per heavy atom. The quantitative estimate of drug-likeness (QED) is 0.839. The Kier molecular flexibility index (Phi) is 3.22. The second-order valence-electron chi connectivity index (χ2n) is 3.78. The molecule has 16 heavy (non-hydrogen) atoms. The molecule has 4 heteroatoms. The summed E-state index contributed by atoms with van der Waals surface area (Å²) in [5.41, 5.74) is 8.22. The van der Waals surface area contributed by atoms with E-state index in [-0.39, 0.29) is 6.04 Å². The second-order valence-corrected chi connectivity index (χ2v) is 3.78. The zero-order valence-corrected chi connectivity index (χ0v) is 9.17. The van der Waals surface area contributed by atoms with Crippen LogP contribution in [0, 0.1) is 6.92 Å². The zero-order valence-electron chi connectivity index (χ0n) is 9.17. The normalized spacial score (nSPS) is 12.4. The number of aromatic nitrogens is 3. The Balaban J connectivity index is 2.09. The molecule has 1 atom stereocenters. The first-order chi connectivity index (χ1) is 7.75. The summed E-state index contributed by atoms with van der Waals surface area (Å²) in [5.74, 6) is 0.683. The van der Waals surface area contributed by atoms with Crippen LogP contribution in [0.1, 0.15) is 23.0 Å². The highest BCUT2D eigenvalue weighted by Crippen LogP contribution is 2.11. The third-order valence-electron chi connectivity index (χ3n) is 2.34. The lowest BCUT2D eigenvalue weighted by molar-refractivity contribution is 0.665. The molecule has 2 aromatic rings. The molecular formula is C12H14N4. The Hall–Kier alpha value is -1.81. The van der Waals surface area contributed by atoms with Crippen LogP contribution >= 0.6 is 0 Å². The smallest absolute Gasteiger partial charge is 0.145 e. The van der Waals surface area contributed by atoms with E-state index in [0.29, 0.717) is 5.82 Å². The van der Waals surface area contributed by atoms with Gasteiger partial charge in [-0.3, -0.25) is 4.98 Å². The van der Waals surface area contributed by atoms with E-state index in [0.717, 1.165) is 17.5 Å². The molecule has 0 spiro atoms. The van der Waals surface area contributed by atoms with Gasteiger partial charge in [-0.25, -0.2) is 9.97 Å². The number of hydrogen-bond acceptors (Lipinski definition) is 4. The van der Waals surface area contributed by atoms with Crippen LogP contribution < -0.4 is 5.73 Å². The molecule has 2 N–H and O–H groups in total. The molecule has 82 valence electrons. The van der Waals surface area contributed by atoms with Crippen LogP contribution in [-0.4, -0.2) is 15.0 Å². The predicted molar refractivity (Wildman–Crippen MR) is 61.6 cm³/mol. The van der Waals surface area contributed by atoms with E-state index in [4.69, 9.17) is 5.73 Å². The number of rotatable bonds is 3. The van der Waals surface area contributed by atoms with Crippen LogP contribution in [0.15, 0.2) is 36.9 Å². The molecule has 0 aliphatic rings. The average Bonchev–Trinajstić information content (AvgIpc) is 2.31. The van der Waals surface area contributed by atoms with Gasteiger partial charge in [0.1, 0.15) is 5.82 Å². The van der Waals surface area contributed by atoms with Gasteiger partial charge in [0.2, 0.25) is 0 Å². The van der Waals surface area contributed by atoms with Gasteiger partial charge in [0.05, 0.1) is 6.04 Å². The molecule has 2 aromatic heterocycles. The minimum atomic E-state index is -0.164. The van der Waals surface area contributed by atoms with Gasteiger partial charge in [-0.1, -0.05) is 0 Å². The summed E-state index contributed by atoms with van der Waals surface area (Å²) in [6.07, 6.45) is 7.82. The van der Waals surface area contributed by atoms with Gasteiger partial charge in [-0.2, -0.15) is 0 Å². The molecule has 0 radical (unpaired) electrons. The monoisotopic (exact) mass is 214 g/mol. The fourth-order valence-corrected chi connectivity index (χ4v) is 1.46. The largest absolute Gasteiger partial charge is 0.321 e. The minimum absolute atomic E-state index is 0.164. The van der Waals surface area contributed by atoms with Crippen molar-refractivity contribution in [3.63, 3.8) is 0 Å². The van der Waals surface area contributed by atoms with Crippen LogP contribution in [0.5, 0.6) is 0 Å². The fraction of sp³-hybridized carbons (Fsp3) is 0.250. The van der Waals surface area contributed by atoms with Crippen LogP contribution in [0.2, 0.25) is 0 Å². The summed E-state index contributed by atoms with van der Waals surface area (Å²) in [4.78, 5) is 12.4. The van der Waals surface area contributed by atoms with Crippen molar-refractivity contribution in [2.75, 3.05) is 0 Å². The van der Waals surface area contributed by atoms with Gasteiger partial charge in [-0.15, -0.1) is 0 Å². The van der Waals surface area contributed by atoms with E-state index in [2.05, 4.69) is 15.0 Å². The third kappa shape index (κ3) is 2.61. The number of aryl methyl sites for hydroxylation is 1. The van der Waals surface area contributed by atoms with E-state index in [1.807, 2.05) is 19.1 Å². The molecule has 0 aliphatic carbocycles. The molecule has 4 nitrogen and oxygen atoms in total. The lowest BCUT2D eigenvalue weighted by Crippen LogP contribution is -2.16. The molecule has 0 bridgehead atoms. The van der Waals surface area contributed by atoms with Crippen molar-refractivity contribution in [3.05, 3.63) is 53.9 Å². The highest BCUT2D eigenvalue weighted by atomic mass is 14.9. The summed E-state index contributed by atoms with van der Waals surface area (Å²) in [6.45, 7) is 1.96. The van der Waals surface area contributed by atoms with Crippen LogP contribution in [0.3, 0.4) is 0 Å². The van der Waals surface area contributed by atoms with E-state index in [1.54, 1.807) is 24.8 Å². The summed E-state index contributed by atoms with van der Waals surface area (Å²) in [7, 11) is 0. The van der Waals surface area contributed by atoms with Crippen molar-refractivity contribution in [1.82, 2.24) is 15.0 Å².